The van der Waals surface area contributed by atoms with Crippen molar-refractivity contribution < 1.29 is 4.42 Å². The van der Waals surface area contributed by atoms with Gasteiger partial charge in [0.1, 0.15) is 16.9 Å². The lowest BCUT2D eigenvalue weighted by Crippen LogP contribution is -2.08. The molecular weight excluding hydrogens is 318 g/mol. The second-order valence-corrected chi connectivity index (χ2v) is 5.23. The van der Waals surface area contributed by atoms with Crippen molar-refractivity contribution in [2.24, 2.45) is 0 Å². The number of unbranched alkanes of at least 4 members (excludes halogenated alkanes) is 2. The maximum absolute atomic E-state index is 12.4. The van der Waals surface area contributed by atoms with Gasteiger partial charge in [-0.1, -0.05) is 27.8 Å². The summed E-state index contributed by atoms with van der Waals surface area (Å²) in [6.07, 6.45) is 1.79. The summed E-state index contributed by atoms with van der Waals surface area (Å²) in [5, 5.41) is 8.97. The first kappa shape index (κ1) is 14.4. The van der Waals surface area contributed by atoms with Gasteiger partial charge in [-0.15, -0.1) is 0 Å². The van der Waals surface area contributed by atoms with E-state index >= 15 is 0 Å². The minimum Gasteiger partial charge on any atom is -0.460 e. The lowest BCUT2D eigenvalue weighted by molar-refractivity contribution is 0.562. The number of halogens is 1. The Bertz CT molecular complexity index is 803. The van der Waals surface area contributed by atoms with Crippen LogP contribution in [0.2, 0.25) is 0 Å². The fraction of sp³-hybridized carbons (Fsp3) is 0.250. The van der Waals surface area contributed by atoms with Crippen LogP contribution in [0, 0.1) is 30.1 Å². The van der Waals surface area contributed by atoms with Gasteiger partial charge < -0.3 is 4.42 Å². The van der Waals surface area contributed by atoms with Crippen LogP contribution in [0.4, 0.5) is 0 Å². The Morgan fingerprint density at radius 3 is 2.90 bits per heavy atom. The van der Waals surface area contributed by atoms with Crippen LogP contribution in [0.15, 0.2) is 31.9 Å². The first-order chi connectivity index (χ1) is 9.63. The number of fused-ring (bicyclic) bond motifs is 1. The van der Waals surface area contributed by atoms with Gasteiger partial charge in [0.15, 0.2) is 0 Å². The monoisotopic (exact) mass is 329 g/mol. The van der Waals surface area contributed by atoms with Crippen molar-refractivity contribution in [1.82, 2.24) is 0 Å². The van der Waals surface area contributed by atoms with Crippen LogP contribution < -0.4 is 5.43 Å². The molecule has 4 heteroatoms. The molecule has 0 aliphatic carbocycles. The molecule has 0 fully saturated rings. The lowest BCUT2D eigenvalue weighted by atomic mass is 10.1. The summed E-state index contributed by atoms with van der Waals surface area (Å²) >= 11 is 3.34. The SMILES string of the molecule is Cc1oc2ccc(Br)cc2c(=O)c1C#CCCCC#N. The minimum absolute atomic E-state index is 0.113. The molecule has 0 unspecified atom stereocenters. The number of rotatable bonds is 2. The highest BCUT2D eigenvalue weighted by atomic mass is 79.9. The Kier molecular flexibility index (Phi) is 4.61. The molecule has 0 N–H and O–H groups in total. The average Bonchev–Trinajstić information content (AvgIpc) is 2.43. The zero-order chi connectivity index (χ0) is 14.5. The fourth-order valence-corrected chi connectivity index (χ4v) is 2.19. The normalized spacial score (nSPS) is 9.85. The van der Waals surface area contributed by atoms with Gasteiger partial charge >= 0.3 is 0 Å². The molecule has 0 spiro atoms. The number of hydrogen-bond donors (Lipinski definition) is 0. The summed E-state index contributed by atoms with van der Waals surface area (Å²) in [6, 6.07) is 7.40. The summed E-state index contributed by atoms with van der Waals surface area (Å²) in [4.78, 5) is 12.4. The largest absolute Gasteiger partial charge is 0.460 e. The lowest BCUT2D eigenvalue weighted by Gasteiger charge is -2.02. The topological polar surface area (TPSA) is 54.0 Å². The van der Waals surface area contributed by atoms with Crippen molar-refractivity contribution in [3.8, 4) is 17.9 Å². The van der Waals surface area contributed by atoms with E-state index in [2.05, 4.69) is 33.8 Å². The van der Waals surface area contributed by atoms with Gasteiger partial charge in [0.25, 0.3) is 0 Å². The van der Waals surface area contributed by atoms with Gasteiger partial charge in [0, 0.05) is 17.3 Å². The molecule has 0 aliphatic heterocycles. The summed E-state index contributed by atoms with van der Waals surface area (Å²) in [7, 11) is 0. The second-order valence-electron chi connectivity index (χ2n) is 4.32. The summed E-state index contributed by atoms with van der Waals surface area (Å²) in [5.74, 6) is 6.32. The third-order valence-electron chi connectivity index (χ3n) is 2.83. The van der Waals surface area contributed by atoms with E-state index in [1.165, 1.54) is 0 Å². The average molecular weight is 330 g/mol. The first-order valence-corrected chi connectivity index (χ1v) is 7.01. The Labute approximate surface area is 125 Å². The van der Waals surface area contributed by atoms with Crippen LogP contribution in [0.25, 0.3) is 11.0 Å². The smallest absolute Gasteiger partial charge is 0.208 e. The quantitative estimate of drug-likeness (QED) is 0.620. The molecule has 0 atom stereocenters. The van der Waals surface area contributed by atoms with Crippen LogP contribution in [0.5, 0.6) is 0 Å². The highest BCUT2D eigenvalue weighted by Crippen LogP contribution is 2.19. The van der Waals surface area contributed by atoms with E-state index in [1.807, 2.05) is 6.07 Å². The van der Waals surface area contributed by atoms with E-state index in [4.69, 9.17) is 9.68 Å². The van der Waals surface area contributed by atoms with Crippen LogP contribution >= 0.6 is 15.9 Å². The summed E-state index contributed by atoms with van der Waals surface area (Å²) in [6.45, 7) is 1.74. The van der Waals surface area contributed by atoms with Gasteiger partial charge in [-0.2, -0.15) is 5.26 Å². The van der Waals surface area contributed by atoms with E-state index in [0.29, 0.717) is 41.6 Å². The Balaban J connectivity index is 2.44. The Morgan fingerprint density at radius 2 is 2.15 bits per heavy atom. The zero-order valence-electron chi connectivity index (χ0n) is 11.0. The number of nitriles is 1. The van der Waals surface area contributed by atoms with E-state index in [0.717, 1.165) is 4.47 Å². The molecule has 2 rings (SSSR count). The molecule has 0 amide bonds. The van der Waals surface area contributed by atoms with Gasteiger partial charge in [-0.05, 0) is 31.5 Å². The molecule has 3 nitrogen and oxygen atoms in total. The van der Waals surface area contributed by atoms with Gasteiger partial charge in [0.2, 0.25) is 5.43 Å². The van der Waals surface area contributed by atoms with E-state index in [9.17, 15) is 4.79 Å². The van der Waals surface area contributed by atoms with Crippen LogP contribution in [0.3, 0.4) is 0 Å². The van der Waals surface area contributed by atoms with Gasteiger partial charge in [-0.25, -0.2) is 0 Å². The minimum atomic E-state index is -0.113. The molecule has 1 aromatic carbocycles. The predicted octanol–water partition coefficient (Wildman–Crippen LogP) is 3.91. The van der Waals surface area contributed by atoms with Crippen LogP contribution in [-0.2, 0) is 0 Å². The molecule has 1 aromatic heterocycles. The van der Waals surface area contributed by atoms with Crippen molar-refractivity contribution in [3.63, 3.8) is 0 Å². The molecule has 0 bridgehead atoms. The van der Waals surface area contributed by atoms with Crippen molar-refractivity contribution in [3.05, 3.63) is 44.2 Å². The van der Waals surface area contributed by atoms with Gasteiger partial charge in [-0.3, -0.25) is 4.79 Å². The summed E-state index contributed by atoms with van der Waals surface area (Å²) in [5.41, 5.74) is 0.844. The number of benzene rings is 1. The number of aryl methyl sites for hydroxylation is 1. The number of hydrogen-bond acceptors (Lipinski definition) is 3. The molecule has 0 saturated carbocycles. The molecule has 100 valence electrons. The van der Waals surface area contributed by atoms with Gasteiger partial charge in [0.05, 0.1) is 11.5 Å². The third-order valence-corrected chi connectivity index (χ3v) is 3.33. The molecule has 0 aliphatic rings. The summed E-state index contributed by atoms with van der Waals surface area (Å²) < 4.78 is 6.46. The molecule has 2 aromatic rings. The highest BCUT2D eigenvalue weighted by molar-refractivity contribution is 9.10. The first-order valence-electron chi connectivity index (χ1n) is 6.22. The Morgan fingerprint density at radius 1 is 1.35 bits per heavy atom. The van der Waals surface area contributed by atoms with Crippen LogP contribution in [-0.4, -0.2) is 0 Å². The second kappa shape index (κ2) is 6.41. The molecule has 0 radical (unpaired) electrons. The van der Waals surface area contributed by atoms with Crippen molar-refractivity contribution in [2.75, 3.05) is 0 Å². The molecule has 0 saturated heterocycles. The highest BCUT2D eigenvalue weighted by Gasteiger charge is 2.09. The zero-order valence-corrected chi connectivity index (χ0v) is 12.6. The van der Waals surface area contributed by atoms with Crippen molar-refractivity contribution >= 4 is 26.9 Å². The molecule has 20 heavy (non-hydrogen) atoms. The van der Waals surface area contributed by atoms with E-state index < -0.39 is 0 Å². The fourth-order valence-electron chi connectivity index (χ4n) is 1.83. The van der Waals surface area contributed by atoms with Crippen LogP contribution in [0.1, 0.15) is 30.6 Å². The number of nitrogens with zero attached hydrogens (tertiary/aromatic N) is 1. The Hall–Kier alpha value is -2.04. The maximum Gasteiger partial charge on any atom is 0.208 e. The molecule has 1 heterocycles. The predicted molar refractivity (Wildman–Crippen MR) is 81.3 cm³/mol. The van der Waals surface area contributed by atoms with Crippen molar-refractivity contribution in [2.45, 2.75) is 26.2 Å². The molecular formula is C16H12BrNO2. The maximum atomic E-state index is 12.4. The van der Waals surface area contributed by atoms with E-state index in [-0.39, 0.29) is 5.43 Å². The third kappa shape index (κ3) is 3.10. The standard InChI is InChI=1S/C16H12BrNO2/c1-11-13(6-4-2-3-5-9-18)16(19)14-10-12(17)7-8-15(14)20-11/h7-8,10H,2-3,5H2,1H3. The van der Waals surface area contributed by atoms with Crippen molar-refractivity contribution in [1.29, 1.82) is 5.26 Å². The van der Waals surface area contributed by atoms with E-state index in [1.54, 1.807) is 19.1 Å².